The lowest BCUT2D eigenvalue weighted by Crippen LogP contribution is -2.05. The third kappa shape index (κ3) is 3.20. The van der Waals surface area contributed by atoms with E-state index in [0.717, 1.165) is 19.2 Å². The molecule has 0 fully saturated rings. The fourth-order valence-corrected chi connectivity index (χ4v) is 2.99. The van der Waals surface area contributed by atoms with Gasteiger partial charge in [-0.1, -0.05) is 27.5 Å². The standard InChI is InChI=1S/C15H11BrClIO/c1-8-5-12(14(17)6-9(8)2)15(19)11-7-10(18)3-4-13(11)16/h3-7H,1-2H3. The quantitative estimate of drug-likeness (QED) is 0.434. The molecule has 2 rings (SSSR count). The molecule has 98 valence electrons. The fraction of sp³-hybridized carbons (Fsp3) is 0.133. The highest BCUT2D eigenvalue weighted by Crippen LogP contribution is 2.27. The van der Waals surface area contributed by atoms with Crippen LogP contribution in [-0.4, -0.2) is 5.78 Å². The predicted molar refractivity (Wildman–Crippen MR) is 91.2 cm³/mol. The average molecular weight is 450 g/mol. The molecule has 0 atom stereocenters. The van der Waals surface area contributed by atoms with Gasteiger partial charge in [-0.2, -0.15) is 0 Å². The summed E-state index contributed by atoms with van der Waals surface area (Å²) in [6.45, 7) is 3.96. The smallest absolute Gasteiger partial charge is 0.195 e. The van der Waals surface area contributed by atoms with Gasteiger partial charge in [0.15, 0.2) is 5.78 Å². The number of aryl methyl sites for hydroxylation is 2. The summed E-state index contributed by atoms with van der Waals surface area (Å²) in [5, 5.41) is 0.499. The summed E-state index contributed by atoms with van der Waals surface area (Å²) in [6.07, 6.45) is 0. The van der Waals surface area contributed by atoms with Gasteiger partial charge in [-0.05, 0) is 77.9 Å². The van der Waals surface area contributed by atoms with Crippen molar-refractivity contribution in [3.8, 4) is 0 Å². The van der Waals surface area contributed by atoms with Gasteiger partial charge in [-0.25, -0.2) is 0 Å². The highest BCUT2D eigenvalue weighted by molar-refractivity contribution is 14.1. The number of rotatable bonds is 2. The van der Waals surface area contributed by atoms with E-state index in [4.69, 9.17) is 11.6 Å². The van der Waals surface area contributed by atoms with Crippen LogP contribution >= 0.6 is 50.1 Å². The van der Waals surface area contributed by atoms with Crippen molar-refractivity contribution < 1.29 is 4.79 Å². The minimum atomic E-state index is -0.0570. The van der Waals surface area contributed by atoms with Crippen molar-refractivity contribution in [2.45, 2.75) is 13.8 Å². The van der Waals surface area contributed by atoms with E-state index in [0.29, 0.717) is 16.1 Å². The monoisotopic (exact) mass is 448 g/mol. The molecule has 1 nitrogen and oxygen atoms in total. The zero-order valence-corrected chi connectivity index (χ0v) is 14.9. The van der Waals surface area contributed by atoms with E-state index in [1.54, 1.807) is 0 Å². The summed E-state index contributed by atoms with van der Waals surface area (Å²) in [6, 6.07) is 9.38. The Morgan fingerprint density at radius 1 is 1.11 bits per heavy atom. The van der Waals surface area contributed by atoms with Crippen molar-refractivity contribution in [2.75, 3.05) is 0 Å². The van der Waals surface area contributed by atoms with Gasteiger partial charge in [0.05, 0.1) is 5.02 Å². The Bertz CT molecular complexity index is 667. The maximum atomic E-state index is 12.6. The summed E-state index contributed by atoms with van der Waals surface area (Å²) in [7, 11) is 0. The Kier molecular flexibility index (Phi) is 4.69. The van der Waals surface area contributed by atoms with Gasteiger partial charge in [0.25, 0.3) is 0 Å². The van der Waals surface area contributed by atoms with Crippen molar-refractivity contribution in [3.63, 3.8) is 0 Å². The first-order valence-corrected chi connectivity index (χ1v) is 7.91. The zero-order valence-electron chi connectivity index (χ0n) is 10.4. The summed E-state index contributed by atoms with van der Waals surface area (Å²) in [5.41, 5.74) is 3.34. The topological polar surface area (TPSA) is 17.1 Å². The number of benzene rings is 2. The van der Waals surface area contributed by atoms with Crippen LogP contribution in [0.25, 0.3) is 0 Å². The van der Waals surface area contributed by atoms with E-state index in [9.17, 15) is 4.79 Å². The lowest BCUT2D eigenvalue weighted by atomic mass is 9.99. The van der Waals surface area contributed by atoms with Crippen LogP contribution in [0.15, 0.2) is 34.8 Å². The highest BCUT2D eigenvalue weighted by atomic mass is 127. The average Bonchev–Trinajstić information content (AvgIpc) is 2.36. The van der Waals surface area contributed by atoms with Crippen LogP contribution in [0.1, 0.15) is 27.0 Å². The molecule has 0 aliphatic carbocycles. The van der Waals surface area contributed by atoms with E-state index in [1.165, 1.54) is 0 Å². The van der Waals surface area contributed by atoms with Gasteiger partial charge < -0.3 is 0 Å². The Hall–Kier alpha value is -0.390. The number of hydrogen-bond donors (Lipinski definition) is 0. The van der Waals surface area contributed by atoms with E-state index < -0.39 is 0 Å². The molecule has 0 unspecified atom stereocenters. The molecule has 0 N–H and O–H groups in total. The van der Waals surface area contributed by atoms with Crippen LogP contribution in [-0.2, 0) is 0 Å². The van der Waals surface area contributed by atoms with Crippen LogP contribution in [0.4, 0.5) is 0 Å². The van der Waals surface area contributed by atoms with E-state index in [1.807, 2.05) is 44.2 Å². The van der Waals surface area contributed by atoms with Crippen molar-refractivity contribution in [1.82, 2.24) is 0 Å². The summed E-state index contributed by atoms with van der Waals surface area (Å²) in [5.74, 6) is -0.0570. The Morgan fingerprint density at radius 3 is 2.42 bits per heavy atom. The van der Waals surface area contributed by atoms with Crippen LogP contribution < -0.4 is 0 Å². The molecule has 0 heterocycles. The molecule has 2 aromatic carbocycles. The largest absolute Gasteiger partial charge is 0.289 e. The van der Waals surface area contributed by atoms with E-state index in [2.05, 4.69) is 38.5 Å². The summed E-state index contributed by atoms with van der Waals surface area (Å²) >= 11 is 11.8. The van der Waals surface area contributed by atoms with Gasteiger partial charge >= 0.3 is 0 Å². The molecule has 0 saturated heterocycles. The number of halogens is 3. The molecular weight excluding hydrogens is 438 g/mol. The molecule has 4 heteroatoms. The lowest BCUT2D eigenvalue weighted by molar-refractivity contribution is 0.103. The fourth-order valence-electron chi connectivity index (χ4n) is 1.77. The minimum absolute atomic E-state index is 0.0570. The van der Waals surface area contributed by atoms with Crippen molar-refractivity contribution in [2.24, 2.45) is 0 Å². The highest BCUT2D eigenvalue weighted by Gasteiger charge is 2.17. The van der Waals surface area contributed by atoms with Crippen LogP contribution in [0.2, 0.25) is 5.02 Å². The molecule has 2 aromatic rings. The third-order valence-corrected chi connectivity index (χ3v) is 4.68. The molecular formula is C15H11BrClIO. The molecule has 0 amide bonds. The second kappa shape index (κ2) is 5.94. The first-order chi connectivity index (χ1) is 8.90. The molecule has 19 heavy (non-hydrogen) atoms. The van der Waals surface area contributed by atoms with Crippen molar-refractivity contribution in [1.29, 1.82) is 0 Å². The molecule has 0 saturated carbocycles. The maximum absolute atomic E-state index is 12.6. The van der Waals surface area contributed by atoms with Crippen LogP contribution in [0, 0.1) is 17.4 Å². The first kappa shape index (κ1) is 15.0. The van der Waals surface area contributed by atoms with Gasteiger partial charge in [0.2, 0.25) is 0 Å². The van der Waals surface area contributed by atoms with E-state index in [-0.39, 0.29) is 5.78 Å². The number of ketones is 1. The SMILES string of the molecule is Cc1cc(Cl)c(C(=O)c2cc(I)ccc2Br)cc1C. The molecule has 0 aliphatic heterocycles. The molecule has 0 radical (unpaired) electrons. The number of hydrogen-bond acceptors (Lipinski definition) is 1. The third-order valence-electron chi connectivity index (χ3n) is 3.00. The van der Waals surface area contributed by atoms with Crippen LogP contribution in [0.5, 0.6) is 0 Å². The Labute approximate surface area is 139 Å². The minimum Gasteiger partial charge on any atom is -0.289 e. The second-order valence-corrected chi connectivity index (χ2v) is 6.88. The maximum Gasteiger partial charge on any atom is 0.195 e. The second-order valence-electron chi connectivity index (χ2n) is 4.37. The molecule has 0 aliphatic rings. The number of carbonyl (C=O) groups is 1. The Morgan fingerprint density at radius 2 is 1.74 bits per heavy atom. The van der Waals surface area contributed by atoms with Crippen LogP contribution in [0.3, 0.4) is 0 Å². The molecule has 0 bridgehead atoms. The summed E-state index contributed by atoms with van der Waals surface area (Å²) < 4.78 is 1.80. The van der Waals surface area contributed by atoms with Gasteiger partial charge in [-0.3, -0.25) is 4.79 Å². The van der Waals surface area contributed by atoms with Crippen molar-refractivity contribution >= 4 is 55.9 Å². The predicted octanol–water partition coefficient (Wildman–Crippen LogP) is 5.55. The molecule has 0 spiro atoms. The lowest BCUT2D eigenvalue weighted by Gasteiger charge is -2.09. The van der Waals surface area contributed by atoms with Crippen molar-refractivity contribution in [3.05, 3.63) is 65.7 Å². The zero-order chi connectivity index (χ0) is 14.2. The van der Waals surface area contributed by atoms with E-state index >= 15 is 0 Å². The van der Waals surface area contributed by atoms with Gasteiger partial charge in [0, 0.05) is 19.2 Å². The van der Waals surface area contributed by atoms with Gasteiger partial charge in [-0.15, -0.1) is 0 Å². The number of carbonyl (C=O) groups excluding carboxylic acids is 1. The van der Waals surface area contributed by atoms with Gasteiger partial charge in [0.1, 0.15) is 0 Å². The normalized spacial score (nSPS) is 10.6. The summed E-state index contributed by atoms with van der Waals surface area (Å²) in [4.78, 5) is 12.6. The molecule has 0 aromatic heterocycles. The first-order valence-electron chi connectivity index (χ1n) is 5.66. The Balaban J connectivity index is 2.56.